The summed E-state index contributed by atoms with van der Waals surface area (Å²) in [4.78, 5) is 39.8. The first-order valence-corrected chi connectivity index (χ1v) is 8.18. The number of hydrogen-bond acceptors (Lipinski definition) is 8. The van der Waals surface area contributed by atoms with E-state index in [1.807, 2.05) is 13.0 Å². The lowest BCUT2D eigenvalue weighted by molar-refractivity contribution is -0.118. The van der Waals surface area contributed by atoms with Crippen LogP contribution in [-0.4, -0.2) is 37.8 Å². The fourth-order valence-electron chi connectivity index (χ4n) is 2.45. The van der Waals surface area contributed by atoms with Crippen molar-refractivity contribution in [3.05, 3.63) is 42.5 Å². The normalized spacial score (nSPS) is 11.7. The molecular weight excluding hydrogens is 348 g/mol. The van der Waals surface area contributed by atoms with Gasteiger partial charge in [-0.3, -0.25) is 9.59 Å². The molecule has 0 fully saturated rings. The average molecular weight is 366 g/mol. The van der Waals surface area contributed by atoms with Gasteiger partial charge in [-0.15, -0.1) is 0 Å². The van der Waals surface area contributed by atoms with E-state index < -0.39 is 17.9 Å². The fourth-order valence-corrected chi connectivity index (χ4v) is 2.45. The van der Waals surface area contributed by atoms with Gasteiger partial charge in [0.05, 0.1) is 18.1 Å². The molecule has 3 heterocycles. The van der Waals surface area contributed by atoms with Crippen LogP contribution < -0.4 is 22.1 Å². The largest absolute Gasteiger partial charge is 0.368 e. The molecule has 6 N–H and O–H groups in total. The van der Waals surface area contributed by atoms with E-state index in [1.165, 1.54) is 6.20 Å². The molecule has 0 radical (unpaired) electrons. The van der Waals surface area contributed by atoms with Crippen molar-refractivity contribution in [2.45, 2.75) is 19.4 Å². The van der Waals surface area contributed by atoms with Crippen LogP contribution in [0.4, 0.5) is 17.3 Å². The van der Waals surface area contributed by atoms with Gasteiger partial charge in [0.1, 0.15) is 11.9 Å². The minimum atomic E-state index is -0.742. The monoisotopic (exact) mass is 366 g/mol. The first kappa shape index (κ1) is 18.0. The number of nitrogens with two attached hydrogens (primary N) is 2. The number of pyridine rings is 2. The Morgan fingerprint density at radius 1 is 1.19 bits per heavy atom. The van der Waals surface area contributed by atoms with E-state index in [0.717, 1.165) is 5.39 Å². The molecule has 0 bridgehead atoms. The van der Waals surface area contributed by atoms with Gasteiger partial charge in [0.2, 0.25) is 5.91 Å². The Labute approximate surface area is 154 Å². The molecule has 10 nitrogen and oxygen atoms in total. The number of nitrogens with one attached hydrogen (secondary N) is 2. The summed E-state index contributed by atoms with van der Waals surface area (Å²) in [6.07, 6.45) is 5.00. The van der Waals surface area contributed by atoms with Crippen LogP contribution in [0.25, 0.3) is 11.0 Å². The molecule has 0 spiro atoms. The quantitative estimate of drug-likeness (QED) is 0.480. The van der Waals surface area contributed by atoms with E-state index in [-0.39, 0.29) is 17.3 Å². The number of anilines is 3. The Hall–Kier alpha value is -3.82. The number of hydrogen-bond donors (Lipinski definition) is 4. The lowest BCUT2D eigenvalue weighted by Gasteiger charge is -2.15. The van der Waals surface area contributed by atoms with Crippen molar-refractivity contribution in [3.63, 3.8) is 0 Å². The highest BCUT2D eigenvalue weighted by atomic mass is 16.1. The van der Waals surface area contributed by atoms with Gasteiger partial charge in [0, 0.05) is 11.6 Å². The second-order valence-corrected chi connectivity index (χ2v) is 5.72. The van der Waals surface area contributed by atoms with E-state index >= 15 is 0 Å². The Bertz CT molecular complexity index is 1010. The van der Waals surface area contributed by atoms with Crippen molar-refractivity contribution in [2.75, 3.05) is 10.6 Å². The molecule has 0 aliphatic heterocycles. The van der Waals surface area contributed by atoms with Gasteiger partial charge >= 0.3 is 0 Å². The Morgan fingerprint density at radius 2 is 2.00 bits per heavy atom. The number of rotatable bonds is 7. The third-order valence-corrected chi connectivity index (χ3v) is 3.80. The van der Waals surface area contributed by atoms with Crippen LogP contribution in [0.2, 0.25) is 0 Å². The summed E-state index contributed by atoms with van der Waals surface area (Å²) in [5.74, 6) is -0.839. The standard InChI is InChI=1S/C17H18N8O2/c1-2-11(14(18)26)24-12-8-21-13(15(19)27)17(25-12)23-10-6-9-4-3-5-20-16(9)22-7-10/h3-8,11H,2H2,1H3,(H2,18,26)(H2,19,27)(H2,23,24,25). The molecule has 3 rings (SSSR count). The number of nitrogens with zero attached hydrogens (tertiary/aromatic N) is 4. The van der Waals surface area contributed by atoms with Crippen molar-refractivity contribution in [3.8, 4) is 0 Å². The SMILES string of the molecule is CCC(Nc1cnc(C(N)=O)c(Nc2cnc3ncccc3c2)n1)C(N)=O. The van der Waals surface area contributed by atoms with E-state index in [1.54, 1.807) is 24.5 Å². The van der Waals surface area contributed by atoms with Crippen LogP contribution in [0.3, 0.4) is 0 Å². The third kappa shape index (κ3) is 4.06. The smallest absolute Gasteiger partial charge is 0.271 e. The molecule has 0 saturated heterocycles. The lowest BCUT2D eigenvalue weighted by Crippen LogP contribution is -2.35. The zero-order valence-corrected chi connectivity index (χ0v) is 14.5. The van der Waals surface area contributed by atoms with Crippen molar-refractivity contribution < 1.29 is 9.59 Å². The van der Waals surface area contributed by atoms with Crippen LogP contribution in [0.5, 0.6) is 0 Å². The Morgan fingerprint density at radius 3 is 2.70 bits per heavy atom. The molecule has 1 atom stereocenters. The summed E-state index contributed by atoms with van der Waals surface area (Å²) in [5, 5.41) is 6.68. The Kier molecular flexibility index (Phi) is 5.06. The summed E-state index contributed by atoms with van der Waals surface area (Å²) >= 11 is 0. The Balaban J connectivity index is 1.94. The number of carbonyl (C=O) groups is 2. The molecule has 0 saturated carbocycles. The maximum Gasteiger partial charge on any atom is 0.271 e. The lowest BCUT2D eigenvalue weighted by atomic mass is 10.2. The zero-order valence-electron chi connectivity index (χ0n) is 14.5. The molecule has 27 heavy (non-hydrogen) atoms. The van der Waals surface area contributed by atoms with Crippen LogP contribution in [0.15, 0.2) is 36.8 Å². The number of fused-ring (bicyclic) bond motifs is 1. The number of aromatic nitrogens is 4. The van der Waals surface area contributed by atoms with Crippen LogP contribution in [0, 0.1) is 0 Å². The maximum atomic E-state index is 11.7. The maximum absolute atomic E-state index is 11.7. The van der Waals surface area contributed by atoms with Crippen LogP contribution in [-0.2, 0) is 4.79 Å². The molecule has 10 heteroatoms. The number of primary amides is 2. The molecule has 2 amide bonds. The van der Waals surface area contributed by atoms with Gasteiger partial charge < -0.3 is 22.1 Å². The molecule has 0 aliphatic carbocycles. The first-order chi connectivity index (χ1) is 13.0. The van der Waals surface area contributed by atoms with Crippen molar-refractivity contribution in [2.24, 2.45) is 11.5 Å². The fraction of sp³-hybridized carbons (Fsp3) is 0.176. The van der Waals surface area contributed by atoms with Gasteiger partial charge in [-0.05, 0) is 24.6 Å². The third-order valence-electron chi connectivity index (χ3n) is 3.80. The summed E-state index contributed by atoms with van der Waals surface area (Å²) in [7, 11) is 0. The first-order valence-electron chi connectivity index (χ1n) is 8.18. The molecular formula is C17H18N8O2. The van der Waals surface area contributed by atoms with Crippen molar-refractivity contribution in [1.29, 1.82) is 0 Å². The van der Waals surface area contributed by atoms with E-state index in [2.05, 4.69) is 30.6 Å². The van der Waals surface area contributed by atoms with E-state index in [9.17, 15) is 9.59 Å². The second-order valence-electron chi connectivity index (χ2n) is 5.72. The summed E-state index contributed by atoms with van der Waals surface area (Å²) < 4.78 is 0. The average Bonchev–Trinajstić information content (AvgIpc) is 2.65. The van der Waals surface area contributed by atoms with Gasteiger partial charge in [0.15, 0.2) is 17.2 Å². The predicted molar refractivity (Wildman–Crippen MR) is 100 cm³/mol. The predicted octanol–water partition coefficient (Wildman–Crippen LogP) is 0.938. The van der Waals surface area contributed by atoms with Gasteiger partial charge in [-0.25, -0.2) is 19.9 Å². The van der Waals surface area contributed by atoms with E-state index in [4.69, 9.17) is 11.5 Å². The highest BCUT2D eigenvalue weighted by Gasteiger charge is 2.17. The van der Waals surface area contributed by atoms with Gasteiger partial charge in [-0.2, -0.15) is 0 Å². The van der Waals surface area contributed by atoms with Gasteiger partial charge in [-0.1, -0.05) is 6.92 Å². The highest BCUT2D eigenvalue weighted by Crippen LogP contribution is 2.21. The second kappa shape index (κ2) is 7.60. The van der Waals surface area contributed by atoms with Crippen LogP contribution in [0.1, 0.15) is 23.8 Å². The summed E-state index contributed by atoms with van der Waals surface area (Å²) in [5.41, 5.74) is 11.8. The summed E-state index contributed by atoms with van der Waals surface area (Å²) in [6, 6.07) is 4.85. The summed E-state index contributed by atoms with van der Waals surface area (Å²) in [6.45, 7) is 1.81. The number of amides is 2. The molecule has 3 aromatic heterocycles. The molecule has 3 aromatic rings. The van der Waals surface area contributed by atoms with Gasteiger partial charge in [0.25, 0.3) is 5.91 Å². The van der Waals surface area contributed by atoms with Crippen molar-refractivity contribution >= 4 is 40.2 Å². The van der Waals surface area contributed by atoms with Crippen LogP contribution >= 0.6 is 0 Å². The molecule has 1 unspecified atom stereocenters. The van der Waals surface area contributed by atoms with E-state index in [0.29, 0.717) is 17.8 Å². The molecule has 0 aliphatic rings. The minimum absolute atomic E-state index is 0.0426. The molecule has 138 valence electrons. The van der Waals surface area contributed by atoms with Crippen molar-refractivity contribution in [1.82, 2.24) is 19.9 Å². The minimum Gasteiger partial charge on any atom is -0.368 e. The topological polar surface area (TPSA) is 162 Å². The number of carbonyl (C=O) groups excluding carboxylic acids is 2. The zero-order chi connectivity index (χ0) is 19.4. The highest BCUT2D eigenvalue weighted by molar-refractivity contribution is 5.96. The molecule has 0 aromatic carbocycles.